The van der Waals surface area contributed by atoms with Crippen LogP contribution in [0.25, 0.3) is 6.08 Å². The Morgan fingerprint density at radius 3 is 2.55 bits per heavy atom. The summed E-state index contributed by atoms with van der Waals surface area (Å²) in [6.07, 6.45) is 10.7. The number of aromatic amines is 1. The molecule has 0 radical (unpaired) electrons. The monoisotopic (exact) mass is 433 g/mol. The van der Waals surface area contributed by atoms with Crippen LogP contribution < -0.4 is 10.6 Å². The van der Waals surface area contributed by atoms with Crippen LogP contribution in [0.15, 0.2) is 18.0 Å². The second-order valence-electron chi connectivity index (χ2n) is 8.63. The van der Waals surface area contributed by atoms with Crippen LogP contribution in [0.3, 0.4) is 0 Å². The van der Waals surface area contributed by atoms with Crippen molar-refractivity contribution in [3.63, 3.8) is 0 Å². The minimum Gasteiger partial charge on any atom is -0.350 e. The van der Waals surface area contributed by atoms with E-state index in [4.69, 9.17) is 23.2 Å². The van der Waals surface area contributed by atoms with E-state index in [-0.39, 0.29) is 11.9 Å². The van der Waals surface area contributed by atoms with Crippen molar-refractivity contribution >= 4 is 46.8 Å². The Labute approximate surface area is 180 Å². The molecule has 0 aliphatic heterocycles. The molecule has 4 rings (SSSR count). The highest BCUT2D eigenvalue weighted by atomic mass is 35.5. The minimum atomic E-state index is 0.0260. The van der Waals surface area contributed by atoms with Gasteiger partial charge in [0.1, 0.15) is 0 Å². The maximum Gasteiger partial charge on any atom is 0.247 e. The summed E-state index contributed by atoms with van der Waals surface area (Å²) in [6, 6.07) is 0.269. The van der Waals surface area contributed by atoms with Crippen molar-refractivity contribution in [3.05, 3.63) is 39.4 Å². The van der Waals surface area contributed by atoms with Gasteiger partial charge in [-0.05, 0) is 50.0 Å². The number of pyridine rings is 1. The highest BCUT2D eigenvalue weighted by molar-refractivity contribution is 6.39. The number of imidazole rings is 1. The van der Waals surface area contributed by atoms with Crippen molar-refractivity contribution in [2.24, 2.45) is 5.41 Å². The second-order valence-corrected chi connectivity index (χ2v) is 9.45. The maximum atomic E-state index is 12.7. The molecule has 0 atom stereocenters. The van der Waals surface area contributed by atoms with Gasteiger partial charge in [0.15, 0.2) is 0 Å². The molecule has 0 spiro atoms. The average Bonchev–Trinajstić information content (AvgIpc) is 3.08. The normalized spacial score (nSPS) is 18.7. The van der Waals surface area contributed by atoms with Crippen LogP contribution in [-0.2, 0) is 11.2 Å². The summed E-state index contributed by atoms with van der Waals surface area (Å²) in [5, 5.41) is 7.16. The quantitative estimate of drug-likeness (QED) is 0.612. The van der Waals surface area contributed by atoms with E-state index in [1.165, 1.54) is 12.4 Å². The Balaban J connectivity index is 1.44. The summed E-state index contributed by atoms with van der Waals surface area (Å²) >= 11 is 12.3. The third-order valence-corrected chi connectivity index (χ3v) is 6.40. The molecule has 0 unspecified atom stereocenters. The van der Waals surface area contributed by atoms with Gasteiger partial charge in [-0.1, -0.05) is 37.0 Å². The molecule has 1 saturated carbocycles. The van der Waals surface area contributed by atoms with Crippen LogP contribution >= 0.6 is 23.2 Å². The van der Waals surface area contributed by atoms with Gasteiger partial charge < -0.3 is 15.6 Å². The van der Waals surface area contributed by atoms with Crippen molar-refractivity contribution in [1.82, 2.24) is 20.3 Å². The molecule has 2 aliphatic carbocycles. The summed E-state index contributed by atoms with van der Waals surface area (Å²) in [5.41, 5.74) is 3.48. The zero-order valence-electron chi connectivity index (χ0n) is 16.6. The fourth-order valence-corrected chi connectivity index (χ4v) is 4.40. The number of aromatic nitrogens is 3. The molecule has 2 heterocycles. The van der Waals surface area contributed by atoms with Crippen molar-refractivity contribution in [3.8, 4) is 0 Å². The largest absolute Gasteiger partial charge is 0.350 e. The number of carbonyl (C=O) groups excluding carboxylic acids is 1. The molecule has 0 bridgehead atoms. The number of H-pyrrole nitrogens is 1. The van der Waals surface area contributed by atoms with E-state index in [1.54, 1.807) is 0 Å². The lowest BCUT2D eigenvalue weighted by Gasteiger charge is -2.34. The summed E-state index contributed by atoms with van der Waals surface area (Å²) in [4.78, 5) is 24.5. The van der Waals surface area contributed by atoms with E-state index >= 15 is 0 Å². The first-order chi connectivity index (χ1) is 13.8. The van der Waals surface area contributed by atoms with Gasteiger partial charge in [0.25, 0.3) is 0 Å². The van der Waals surface area contributed by atoms with Crippen molar-refractivity contribution in [2.75, 3.05) is 5.32 Å². The van der Waals surface area contributed by atoms with E-state index in [1.807, 2.05) is 6.08 Å². The molecule has 6 nitrogen and oxygen atoms in total. The van der Waals surface area contributed by atoms with Crippen LogP contribution in [0.5, 0.6) is 0 Å². The van der Waals surface area contributed by atoms with Crippen LogP contribution in [0.4, 0.5) is 11.6 Å². The third-order valence-electron chi connectivity index (χ3n) is 5.83. The molecular weight excluding hydrogens is 409 g/mol. The Morgan fingerprint density at radius 1 is 1.17 bits per heavy atom. The van der Waals surface area contributed by atoms with Gasteiger partial charge >= 0.3 is 0 Å². The molecule has 1 fully saturated rings. The Hall–Kier alpha value is -2.05. The SMILES string of the molecule is CC1(C)CCC(NC(=O)C2=Cc3nc(Nc4c(Cl)cncc4Cl)[nH]c3CC2)CC1. The number of hydrogen-bond acceptors (Lipinski definition) is 4. The molecule has 0 saturated heterocycles. The number of amides is 1. The summed E-state index contributed by atoms with van der Waals surface area (Å²) in [7, 11) is 0. The second kappa shape index (κ2) is 8.00. The predicted molar refractivity (Wildman–Crippen MR) is 117 cm³/mol. The summed E-state index contributed by atoms with van der Waals surface area (Å²) < 4.78 is 0. The zero-order valence-corrected chi connectivity index (χ0v) is 18.1. The molecule has 29 heavy (non-hydrogen) atoms. The number of anilines is 2. The molecule has 8 heteroatoms. The lowest BCUT2D eigenvalue weighted by atomic mass is 9.75. The van der Waals surface area contributed by atoms with Crippen LogP contribution in [-0.4, -0.2) is 26.9 Å². The van der Waals surface area contributed by atoms with E-state index in [9.17, 15) is 4.79 Å². The average molecular weight is 434 g/mol. The number of halogens is 2. The van der Waals surface area contributed by atoms with Gasteiger partial charge in [0, 0.05) is 29.7 Å². The molecule has 2 aromatic heterocycles. The van der Waals surface area contributed by atoms with Gasteiger partial charge in [-0.3, -0.25) is 9.78 Å². The van der Waals surface area contributed by atoms with Crippen molar-refractivity contribution in [1.29, 1.82) is 0 Å². The van der Waals surface area contributed by atoms with E-state index in [2.05, 4.69) is 39.4 Å². The molecule has 2 aliphatic rings. The fourth-order valence-electron chi connectivity index (χ4n) is 3.94. The van der Waals surface area contributed by atoms with Crippen molar-refractivity contribution in [2.45, 2.75) is 58.4 Å². The minimum absolute atomic E-state index is 0.0260. The zero-order chi connectivity index (χ0) is 20.6. The number of carbonyl (C=O) groups is 1. The summed E-state index contributed by atoms with van der Waals surface area (Å²) in [6.45, 7) is 4.59. The number of aryl methyl sites for hydroxylation is 1. The molecule has 1 amide bonds. The van der Waals surface area contributed by atoms with Gasteiger partial charge in [-0.2, -0.15) is 0 Å². The first-order valence-corrected chi connectivity index (χ1v) is 10.7. The number of fused-ring (bicyclic) bond motifs is 1. The Kier molecular flexibility index (Phi) is 5.58. The number of hydrogen-bond donors (Lipinski definition) is 3. The maximum absolute atomic E-state index is 12.7. The van der Waals surface area contributed by atoms with Gasteiger partial charge in [0.05, 0.1) is 21.4 Å². The number of nitrogens with zero attached hydrogens (tertiary/aromatic N) is 2. The standard InChI is InChI=1S/C21H25Cl2N5O/c1-21(2)7-5-13(6-8-21)25-19(29)12-3-4-16-17(9-12)27-20(26-16)28-18-14(22)10-24-11-15(18)23/h9-11,13H,3-8H2,1-2H3,(H,25,29)(H2,24,26,27,28). The van der Waals surface area contributed by atoms with Crippen LogP contribution in [0.2, 0.25) is 10.0 Å². The molecule has 3 N–H and O–H groups in total. The Morgan fingerprint density at radius 2 is 1.86 bits per heavy atom. The van der Waals surface area contributed by atoms with Gasteiger partial charge in [0.2, 0.25) is 11.9 Å². The molecular formula is C21H25Cl2N5O. The van der Waals surface area contributed by atoms with Crippen LogP contribution in [0, 0.1) is 5.41 Å². The topological polar surface area (TPSA) is 82.7 Å². The third kappa shape index (κ3) is 4.59. The van der Waals surface area contributed by atoms with Gasteiger partial charge in [-0.25, -0.2) is 4.98 Å². The molecule has 2 aromatic rings. The number of rotatable bonds is 4. The first-order valence-electron chi connectivity index (χ1n) is 9.97. The summed E-state index contributed by atoms with van der Waals surface area (Å²) in [5.74, 6) is 0.565. The lowest BCUT2D eigenvalue weighted by Crippen LogP contribution is -2.40. The lowest BCUT2D eigenvalue weighted by molar-refractivity contribution is -0.118. The highest BCUT2D eigenvalue weighted by Crippen LogP contribution is 2.35. The van der Waals surface area contributed by atoms with Gasteiger partial charge in [-0.15, -0.1) is 0 Å². The first kappa shape index (κ1) is 20.2. The molecule has 0 aromatic carbocycles. The number of nitrogens with one attached hydrogen (secondary N) is 3. The van der Waals surface area contributed by atoms with Crippen molar-refractivity contribution < 1.29 is 4.79 Å². The Bertz CT molecular complexity index is 936. The molecule has 154 valence electrons. The van der Waals surface area contributed by atoms with Crippen LogP contribution in [0.1, 0.15) is 57.3 Å². The highest BCUT2D eigenvalue weighted by Gasteiger charge is 2.28. The van der Waals surface area contributed by atoms with E-state index < -0.39 is 0 Å². The smallest absolute Gasteiger partial charge is 0.247 e. The predicted octanol–water partition coefficient (Wildman–Crippen LogP) is 5.27. The van der Waals surface area contributed by atoms with E-state index in [0.717, 1.165) is 49.1 Å². The fraction of sp³-hybridized carbons (Fsp3) is 0.476. The van der Waals surface area contributed by atoms with E-state index in [0.29, 0.717) is 33.5 Å².